The molecule has 0 aromatic heterocycles. The summed E-state index contributed by atoms with van der Waals surface area (Å²) in [6.07, 6.45) is 0. The summed E-state index contributed by atoms with van der Waals surface area (Å²) in [6.45, 7) is 4.67. The van der Waals surface area contributed by atoms with Crippen molar-refractivity contribution in [2.45, 2.75) is 18.5 Å². The van der Waals surface area contributed by atoms with Crippen LogP contribution in [0.1, 0.15) is 27.6 Å². The number of aliphatic hydroxyl groups excluding tert-OH is 1. The Morgan fingerprint density at radius 1 is 0.967 bits per heavy atom. The van der Waals surface area contributed by atoms with Gasteiger partial charge in [-0.3, -0.25) is 14.5 Å². The minimum Gasteiger partial charge on any atom is -0.394 e. The normalized spacial score (nSPS) is 24.4. The van der Waals surface area contributed by atoms with Crippen LogP contribution in [0.3, 0.4) is 0 Å². The van der Waals surface area contributed by atoms with Crippen LogP contribution in [0.25, 0.3) is 0 Å². The van der Waals surface area contributed by atoms with Crippen LogP contribution in [0.5, 0.6) is 0 Å². The van der Waals surface area contributed by atoms with E-state index in [0.717, 1.165) is 0 Å². The molecule has 4 rings (SSSR count). The number of carbonyl (C=O) groups is 2. The van der Waals surface area contributed by atoms with Crippen molar-refractivity contribution < 1.29 is 14.7 Å². The Labute approximate surface area is 181 Å². The van der Waals surface area contributed by atoms with Gasteiger partial charge in [-0.2, -0.15) is 0 Å². The Kier molecular flexibility index (Phi) is 5.82. The maximum atomic E-state index is 13.1. The molecule has 7 heteroatoms. The molecule has 2 aliphatic heterocycles. The fourth-order valence-electron chi connectivity index (χ4n) is 4.56. The molecule has 0 radical (unpaired) electrons. The average molecular weight is 428 g/mol. The third-order valence-electron chi connectivity index (χ3n) is 6.17. The Morgan fingerprint density at radius 2 is 1.57 bits per heavy atom. The van der Waals surface area contributed by atoms with Crippen LogP contribution in [0.15, 0.2) is 54.6 Å². The predicted octanol–water partition coefficient (Wildman–Crippen LogP) is 2.37. The largest absolute Gasteiger partial charge is 0.394 e. The van der Waals surface area contributed by atoms with Gasteiger partial charge in [0.1, 0.15) is 0 Å². The Bertz CT molecular complexity index is 921. The molecule has 0 aliphatic carbocycles. The SMILES string of the molecule is C[C@@]1(CO)CN(C(=O)c2ccc(Cl)cc2)C[C@@H]2CN(C(=O)c3ccccc3)CCN21. The third-order valence-corrected chi connectivity index (χ3v) is 6.42. The molecule has 2 aromatic carbocycles. The van der Waals surface area contributed by atoms with E-state index in [2.05, 4.69) is 4.90 Å². The van der Waals surface area contributed by atoms with Crippen molar-refractivity contribution in [3.8, 4) is 0 Å². The first-order chi connectivity index (χ1) is 14.4. The number of nitrogens with zero attached hydrogens (tertiary/aromatic N) is 3. The summed E-state index contributed by atoms with van der Waals surface area (Å²) in [5.41, 5.74) is 0.689. The summed E-state index contributed by atoms with van der Waals surface area (Å²) in [5, 5.41) is 10.8. The lowest BCUT2D eigenvalue weighted by Gasteiger charge is -2.56. The van der Waals surface area contributed by atoms with Gasteiger partial charge >= 0.3 is 0 Å². The van der Waals surface area contributed by atoms with Gasteiger partial charge in [0.05, 0.1) is 12.1 Å². The zero-order valence-electron chi connectivity index (χ0n) is 17.0. The van der Waals surface area contributed by atoms with E-state index in [1.165, 1.54) is 0 Å². The van der Waals surface area contributed by atoms with E-state index in [4.69, 9.17) is 11.6 Å². The Balaban J connectivity index is 1.55. The van der Waals surface area contributed by atoms with E-state index in [-0.39, 0.29) is 24.5 Å². The zero-order valence-corrected chi connectivity index (χ0v) is 17.8. The van der Waals surface area contributed by atoms with Gasteiger partial charge in [-0.1, -0.05) is 29.8 Å². The highest BCUT2D eigenvalue weighted by Crippen LogP contribution is 2.30. The van der Waals surface area contributed by atoms with Crippen LogP contribution in [0.2, 0.25) is 5.02 Å². The maximum absolute atomic E-state index is 13.1. The quantitative estimate of drug-likeness (QED) is 0.816. The van der Waals surface area contributed by atoms with Gasteiger partial charge in [-0.05, 0) is 43.3 Å². The summed E-state index contributed by atoms with van der Waals surface area (Å²) < 4.78 is 0. The van der Waals surface area contributed by atoms with Crippen LogP contribution < -0.4 is 0 Å². The molecule has 6 nitrogen and oxygen atoms in total. The Hall–Kier alpha value is -2.41. The van der Waals surface area contributed by atoms with E-state index in [1.807, 2.05) is 42.2 Å². The fraction of sp³-hybridized carbons (Fsp3) is 0.391. The van der Waals surface area contributed by atoms with Crippen LogP contribution in [0.4, 0.5) is 0 Å². The summed E-state index contributed by atoms with van der Waals surface area (Å²) in [6, 6.07) is 16.1. The molecule has 2 aliphatic rings. The number of piperazine rings is 2. The fourth-order valence-corrected chi connectivity index (χ4v) is 4.69. The van der Waals surface area contributed by atoms with Crippen LogP contribution in [-0.4, -0.2) is 82.5 Å². The van der Waals surface area contributed by atoms with Crippen molar-refractivity contribution in [2.75, 3.05) is 39.3 Å². The number of hydrogen-bond donors (Lipinski definition) is 1. The number of aliphatic hydroxyl groups is 1. The van der Waals surface area contributed by atoms with E-state index in [9.17, 15) is 14.7 Å². The van der Waals surface area contributed by atoms with Gasteiger partial charge in [-0.15, -0.1) is 0 Å². The van der Waals surface area contributed by atoms with Gasteiger partial charge in [-0.25, -0.2) is 0 Å². The van der Waals surface area contributed by atoms with Gasteiger partial charge < -0.3 is 14.9 Å². The monoisotopic (exact) mass is 427 g/mol. The molecule has 0 spiro atoms. The first kappa shape index (κ1) is 20.8. The summed E-state index contributed by atoms with van der Waals surface area (Å²) >= 11 is 5.96. The third kappa shape index (κ3) is 3.95. The zero-order chi connectivity index (χ0) is 21.3. The van der Waals surface area contributed by atoms with Crippen molar-refractivity contribution in [3.05, 3.63) is 70.7 Å². The maximum Gasteiger partial charge on any atom is 0.253 e. The van der Waals surface area contributed by atoms with E-state index < -0.39 is 5.54 Å². The molecule has 2 atom stereocenters. The van der Waals surface area contributed by atoms with E-state index in [0.29, 0.717) is 48.9 Å². The van der Waals surface area contributed by atoms with Gasteiger partial charge in [0.2, 0.25) is 0 Å². The standard InChI is InChI=1S/C23H26ClN3O3/c1-23(16-28)15-26(22(30)18-7-9-19(24)10-8-18)14-20-13-25(11-12-27(20)23)21(29)17-5-3-2-4-6-17/h2-10,20,28H,11-16H2,1H3/t20-,23-/m0/s1. The Morgan fingerprint density at radius 3 is 2.23 bits per heavy atom. The van der Waals surface area contributed by atoms with Gasteiger partial charge in [0, 0.05) is 54.9 Å². The molecule has 2 heterocycles. The first-order valence-corrected chi connectivity index (χ1v) is 10.6. The highest BCUT2D eigenvalue weighted by Gasteiger charge is 2.46. The van der Waals surface area contributed by atoms with Crippen molar-refractivity contribution in [1.82, 2.24) is 14.7 Å². The second-order valence-electron chi connectivity index (χ2n) is 8.31. The van der Waals surface area contributed by atoms with Crippen molar-refractivity contribution >= 4 is 23.4 Å². The predicted molar refractivity (Wildman–Crippen MR) is 116 cm³/mol. The number of benzene rings is 2. The average Bonchev–Trinajstić information content (AvgIpc) is 2.78. The molecule has 0 bridgehead atoms. The molecule has 2 saturated heterocycles. The lowest BCUT2D eigenvalue weighted by molar-refractivity contribution is -0.0783. The molecule has 0 saturated carbocycles. The highest BCUT2D eigenvalue weighted by molar-refractivity contribution is 6.30. The van der Waals surface area contributed by atoms with Gasteiger partial charge in [0.15, 0.2) is 0 Å². The summed E-state index contributed by atoms with van der Waals surface area (Å²) in [4.78, 5) is 32.0. The lowest BCUT2D eigenvalue weighted by Crippen LogP contribution is -2.72. The number of halogens is 1. The molecule has 0 unspecified atom stereocenters. The van der Waals surface area contributed by atoms with E-state index >= 15 is 0 Å². The molecule has 2 fully saturated rings. The molecule has 2 aromatic rings. The molecule has 30 heavy (non-hydrogen) atoms. The molecular weight excluding hydrogens is 402 g/mol. The van der Waals surface area contributed by atoms with Crippen LogP contribution in [0, 0.1) is 0 Å². The molecule has 158 valence electrons. The second-order valence-corrected chi connectivity index (χ2v) is 8.75. The number of amides is 2. The number of carbonyl (C=O) groups excluding carboxylic acids is 2. The smallest absolute Gasteiger partial charge is 0.253 e. The number of fused-ring (bicyclic) bond motifs is 1. The first-order valence-electron chi connectivity index (χ1n) is 10.2. The van der Waals surface area contributed by atoms with Crippen LogP contribution >= 0.6 is 11.6 Å². The minimum absolute atomic E-state index is 0.00195. The van der Waals surface area contributed by atoms with Crippen molar-refractivity contribution in [1.29, 1.82) is 0 Å². The molecule has 2 amide bonds. The van der Waals surface area contributed by atoms with Crippen molar-refractivity contribution in [3.63, 3.8) is 0 Å². The lowest BCUT2D eigenvalue weighted by atomic mass is 9.91. The number of rotatable bonds is 3. The van der Waals surface area contributed by atoms with E-state index in [1.54, 1.807) is 29.2 Å². The second kappa shape index (κ2) is 8.38. The van der Waals surface area contributed by atoms with Crippen LogP contribution in [-0.2, 0) is 0 Å². The summed E-state index contributed by atoms with van der Waals surface area (Å²) in [7, 11) is 0. The topological polar surface area (TPSA) is 64.1 Å². The molecular formula is C23H26ClN3O3. The highest BCUT2D eigenvalue weighted by atomic mass is 35.5. The number of hydrogen-bond acceptors (Lipinski definition) is 4. The minimum atomic E-state index is -0.549. The summed E-state index contributed by atoms with van der Waals surface area (Å²) in [5.74, 6) is -0.0837. The van der Waals surface area contributed by atoms with Crippen molar-refractivity contribution in [2.24, 2.45) is 0 Å². The van der Waals surface area contributed by atoms with Gasteiger partial charge in [0.25, 0.3) is 11.8 Å². The molecule has 1 N–H and O–H groups in total.